The molecule has 0 aliphatic rings. The molecule has 0 saturated heterocycles. The minimum absolute atomic E-state index is 0. The van der Waals surface area contributed by atoms with Crippen molar-refractivity contribution < 1.29 is 9.84 Å². The Labute approximate surface area is 164 Å². The van der Waals surface area contributed by atoms with E-state index < -0.39 is 5.60 Å². The molecule has 1 aromatic carbocycles. The standard InChI is InChI=1S/C16H26BrN3O2.HI/c1-3-16(21,13-6-8-14(17)9-7-13)12-20-15(18)19-10-5-11-22-4-2;/h6-9,21H,3-5,10-12H2,1-2H3,(H3,18,19,20);1H. The van der Waals surface area contributed by atoms with E-state index in [1.54, 1.807) is 0 Å². The Bertz CT molecular complexity index is 471. The Hall–Kier alpha value is -0.380. The zero-order chi connectivity index (χ0) is 16.4. The second-order valence-electron chi connectivity index (χ2n) is 5.07. The number of nitrogens with two attached hydrogens (primary N) is 1. The Morgan fingerprint density at radius 2 is 2.00 bits per heavy atom. The number of guanidine groups is 1. The normalized spacial score (nSPS) is 14.0. The summed E-state index contributed by atoms with van der Waals surface area (Å²) < 4.78 is 6.23. The third-order valence-corrected chi connectivity index (χ3v) is 3.98. The molecule has 0 amide bonds. The molecule has 0 bridgehead atoms. The number of aliphatic hydroxyl groups is 1. The van der Waals surface area contributed by atoms with Crippen LogP contribution in [0.2, 0.25) is 0 Å². The van der Waals surface area contributed by atoms with Gasteiger partial charge in [-0.15, -0.1) is 24.0 Å². The van der Waals surface area contributed by atoms with Gasteiger partial charge in [-0.25, -0.2) is 0 Å². The number of aliphatic imine (C=N–C) groups is 1. The Balaban J connectivity index is 0.00000484. The number of nitrogens with zero attached hydrogens (tertiary/aromatic N) is 1. The first-order valence-electron chi connectivity index (χ1n) is 7.61. The molecule has 1 aromatic rings. The fourth-order valence-electron chi connectivity index (χ4n) is 1.97. The van der Waals surface area contributed by atoms with Crippen molar-refractivity contribution in [3.8, 4) is 0 Å². The Morgan fingerprint density at radius 1 is 1.35 bits per heavy atom. The van der Waals surface area contributed by atoms with Crippen LogP contribution in [-0.4, -0.2) is 37.4 Å². The van der Waals surface area contributed by atoms with Crippen LogP contribution in [-0.2, 0) is 10.3 Å². The van der Waals surface area contributed by atoms with Gasteiger partial charge in [0.2, 0.25) is 0 Å². The minimum atomic E-state index is -1.00. The van der Waals surface area contributed by atoms with Gasteiger partial charge in [-0.05, 0) is 37.5 Å². The van der Waals surface area contributed by atoms with Crippen LogP contribution in [0.4, 0.5) is 0 Å². The molecule has 1 atom stereocenters. The highest BCUT2D eigenvalue weighted by atomic mass is 127. The van der Waals surface area contributed by atoms with E-state index >= 15 is 0 Å². The highest BCUT2D eigenvalue weighted by Gasteiger charge is 2.26. The van der Waals surface area contributed by atoms with Crippen molar-refractivity contribution >= 4 is 45.9 Å². The number of hydrogen-bond acceptors (Lipinski definition) is 3. The van der Waals surface area contributed by atoms with E-state index in [4.69, 9.17) is 10.5 Å². The summed E-state index contributed by atoms with van der Waals surface area (Å²) in [5, 5.41) is 13.8. The number of rotatable bonds is 9. The van der Waals surface area contributed by atoms with Crippen molar-refractivity contribution in [3.05, 3.63) is 34.3 Å². The molecular formula is C16H27BrIN3O2. The number of hydrogen-bond donors (Lipinski definition) is 3. The number of benzene rings is 1. The first-order valence-corrected chi connectivity index (χ1v) is 8.41. The van der Waals surface area contributed by atoms with Gasteiger partial charge in [-0.1, -0.05) is 35.0 Å². The van der Waals surface area contributed by atoms with E-state index in [0.717, 1.165) is 23.1 Å². The van der Waals surface area contributed by atoms with Crippen LogP contribution in [0.15, 0.2) is 33.7 Å². The summed E-state index contributed by atoms with van der Waals surface area (Å²) in [6.07, 6.45) is 1.44. The topological polar surface area (TPSA) is 79.9 Å². The average Bonchev–Trinajstić information content (AvgIpc) is 2.53. The zero-order valence-electron chi connectivity index (χ0n) is 13.7. The lowest BCUT2D eigenvalue weighted by Crippen LogP contribution is -2.36. The zero-order valence-corrected chi connectivity index (χ0v) is 17.6. The predicted molar refractivity (Wildman–Crippen MR) is 109 cm³/mol. The van der Waals surface area contributed by atoms with Crippen LogP contribution in [0.5, 0.6) is 0 Å². The maximum atomic E-state index is 10.7. The Kier molecular flexibility index (Phi) is 11.9. The van der Waals surface area contributed by atoms with E-state index in [1.165, 1.54) is 0 Å². The fraction of sp³-hybridized carbons (Fsp3) is 0.562. The first kappa shape index (κ1) is 22.6. The molecule has 0 aromatic heterocycles. The molecule has 5 nitrogen and oxygen atoms in total. The van der Waals surface area contributed by atoms with Crippen molar-refractivity contribution in [2.45, 2.75) is 32.3 Å². The molecule has 0 aliphatic heterocycles. The molecule has 1 rings (SSSR count). The van der Waals surface area contributed by atoms with Gasteiger partial charge in [-0.2, -0.15) is 0 Å². The number of ether oxygens (including phenoxy) is 1. The molecule has 132 valence electrons. The lowest BCUT2D eigenvalue weighted by molar-refractivity contribution is 0.0423. The van der Waals surface area contributed by atoms with E-state index in [2.05, 4.69) is 26.2 Å². The quantitative estimate of drug-likeness (QED) is 0.211. The van der Waals surface area contributed by atoms with Crippen LogP contribution in [0.25, 0.3) is 0 Å². The van der Waals surface area contributed by atoms with Crippen LogP contribution < -0.4 is 11.1 Å². The van der Waals surface area contributed by atoms with Gasteiger partial charge in [0.1, 0.15) is 5.60 Å². The summed E-state index contributed by atoms with van der Waals surface area (Å²) in [5.74, 6) is 0.348. The van der Waals surface area contributed by atoms with Crippen molar-refractivity contribution in [1.29, 1.82) is 0 Å². The van der Waals surface area contributed by atoms with Gasteiger partial charge >= 0.3 is 0 Å². The molecule has 4 N–H and O–H groups in total. The second-order valence-corrected chi connectivity index (χ2v) is 5.99. The molecule has 0 aliphatic carbocycles. The van der Waals surface area contributed by atoms with E-state index in [9.17, 15) is 5.11 Å². The summed E-state index contributed by atoms with van der Waals surface area (Å²) in [7, 11) is 0. The molecule has 23 heavy (non-hydrogen) atoms. The molecule has 0 heterocycles. The molecular weight excluding hydrogens is 473 g/mol. The molecule has 0 spiro atoms. The van der Waals surface area contributed by atoms with Gasteiger partial charge in [0.15, 0.2) is 5.96 Å². The molecule has 0 radical (unpaired) electrons. The van der Waals surface area contributed by atoms with Gasteiger partial charge in [-0.3, -0.25) is 4.99 Å². The summed E-state index contributed by atoms with van der Waals surface area (Å²) in [6, 6.07) is 7.62. The second kappa shape index (κ2) is 12.0. The molecule has 0 fully saturated rings. The van der Waals surface area contributed by atoms with Crippen molar-refractivity contribution in [2.24, 2.45) is 10.7 Å². The van der Waals surface area contributed by atoms with E-state index in [0.29, 0.717) is 25.5 Å². The Morgan fingerprint density at radius 3 is 2.57 bits per heavy atom. The van der Waals surface area contributed by atoms with Gasteiger partial charge in [0.25, 0.3) is 0 Å². The summed E-state index contributed by atoms with van der Waals surface area (Å²) in [6.45, 7) is 6.27. The fourth-order valence-corrected chi connectivity index (χ4v) is 2.24. The molecule has 7 heteroatoms. The van der Waals surface area contributed by atoms with Gasteiger partial charge in [0, 0.05) is 24.2 Å². The summed E-state index contributed by atoms with van der Waals surface area (Å²) in [5.41, 5.74) is 5.67. The SMILES string of the molecule is CCOCCCNC(N)=NCC(O)(CC)c1ccc(Br)cc1.I. The lowest BCUT2D eigenvalue weighted by Gasteiger charge is -2.25. The highest BCUT2D eigenvalue weighted by Crippen LogP contribution is 2.26. The monoisotopic (exact) mass is 499 g/mol. The molecule has 0 saturated carbocycles. The van der Waals surface area contributed by atoms with Crippen LogP contribution in [0.1, 0.15) is 32.3 Å². The van der Waals surface area contributed by atoms with Crippen LogP contribution >= 0.6 is 39.9 Å². The number of halogens is 2. The predicted octanol–water partition coefficient (Wildman–Crippen LogP) is 3.00. The summed E-state index contributed by atoms with van der Waals surface area (Å²) in [4.78, 5) is 4.26. The van der Waals surface area contributed by atoms with Gasteiger partial charge < -0.3 is 20.9 Å². The smallest absolute Gasteiger partial charge is 0.188 e. The highest BCUT2D eigenvalue weighted by molar-refractivity contribution is 14.0. The van der Waals surface area contributed by atoms with E-state index in [-0.39, 0.29) is 30.5 Å². The third-order valence-electron chi connectivity index (χ3n) is 3.45. The number of nitrogens with one attached hydrogen (secondary N) is 1. The lowest BCUT2D eigenvalue weighted by atomic mass is 9.91. The van der Waals surface area contributed by atoms with Gasteiger partial charge in [0.05, 0.1) is 6.54 Å². The van der Waals surface area contributed by atoms with Crippen molar-refractivity contribution in [2.75, 3.05) is 26.3 Å². The maximum absolute atomic E-state index is 10.7. The maximum Gasteiger partial charge on any atom is 0.188 e. The van der Waals surface area contributed by atoms with Crippen molar-refractivity contribution in [1.82, 2.24) is 5.32 Å². The average molecular weight is 500 g/mol. The minimum Gasteiger partial charge on any atom is -0.383 e. The first-order chi connectivity index (χ1) is 10.5. The third kappa shape index (κ3) is 8.32. The molecule has 1 unspecified atom stereocenters. The van der Waals surface area contributed by atoms with Crippen molar-refractivity contribution in [3.63, 3.8) is 0 Å². The summed E-state index contributed by atoms with van der Waals surface area (Å²) >= 11 is 3.39. The van der Waals surface area contributed by atoms with Crippen LogP contribution in [0, 0.1) is 0 Å². The largest absolute Gasteiger partial charge is 0.383 e. The van der Waals surface area contributed by atoms with E-state index in [1.807, 2.05) is 38.1 Å². The van der Waals surface area contributed by atoms with Crippen LogP contribution in [0.3, 0.4) is 0 Å².